The standard InChI is InChI=1S/C10H21NO/c1-9(12)10(11(2)3)7-5-4-6-8-10/h9,12H,4-8H2,1-3H3. The van der Waals surface area contributed by atoms with E-state index in [1.807, 2.05) is 6.92 Å². The van der Waals surface area contributed by atoms with Crippen molar-refractivity contribution in [2.75, 3.05) is 14.1 Å². The third-order valence-electron chi connectivity index (χ3n) is 3.39. The van der Waals surface area contributed by atoms with Crippen LogP contribution in [0.3, 0.4) is 0 Å². The molecule has 1 saturated carbocycles. The molecule has 1 N–H and O–H groups in total. The van der Waals surface area contributed by atoms with Crippen molar-refractivity contribution in [1.29, 1.82) is 0 Å². The molecule has 0 radical (unpaired) electrons. The number of aliphatic hydroxyl groups excluding tert-OH is 1. The van der Waals surface area contributed by atoms with Gasteiger partial charge in [-0.15, -0.1) is 0 Å². The molecule has 2 heteroatoms. The molecular formula is C10H21NO. The molecule has 0 aliphatic heterocycles. The maximum absolute atomic E-state index is 9.76. The predicted octanol–water partition coefficient (Wildman–Crippen LogP) is 1.63. The van der Waals surface area contributed by atoms with Crippen LogP contribution in [0.2, 0.25) is 0 Å². The second kappa shape index (κ2) is 3.75. The van der Waals surface area contributed by atoms with E-state index in [0.717, 1.165) is 12.8 Å². The van der Waals surface area contributed by atoms with Crippen molar-refractivity contribution in [2.45, 2.75) is 50.7 Å². The van der Waals surface area contributed by atoms with Gasteiger partial charge in [-0.3, -0.25) is 0 Å². The number of rotatable bonds is 2. The number of hydrogen-bond donors (Lipinski definition) is 1. The van der Waals surface area contributed by atoms with E-state index >= 15 is 0 Å². The van der Waals surface area contributed by atoms with Crippen molar-refractivity contribution >= 4 is 0 Å². The molecule has 0 spiro atoms. The van der Waals surface area contributed by atoms with Gasteiger partial charge in [-0.25, -0.2) is 0 Å². The predicted molar refractivity (Wildman–Crippen MR) is 51.2 cm³/mol. The maximum atomic E-state index is 9.76. The smallest absolute Gasteiger partial charge is 0.0695 e. The highest BCUT2D eigenvalue weighted by Crippen LogP contribution is 2.34. The minimum Gasteiger partial charge on any atom is -0.391 e. The van der Waals surface area contributed by atoms with E-state index in [2.05, 4.69) is 19.0 Å². The second-order valence-electron chi connectivity index (χ2n) is 4.23. The normalized spacial score (nSPS) is 25.8. The van der Waals surface area contributed by atoms with Crippen LogP contribution in [0, 0.1) is 0 Å². The van der Waals surface area contributed by atoms with Crippen LogP contribution in [0.4, 0.5) is 0 Å². The molecule has 1 aliphatic rings. The Labute approximate surface area is 75.6 Å². The summed E-state index contributed by atoms with van der Waals surface area (Å²) >= 11 is 0. The molecule has 1 unspecified atom stereocenters. The first-order valence-electron chi connectivity index (χ1n) is 4.95. The van der Waals surface area contributed by atoms with Crippen LogP contribution < -0.4 is 0 Å². The molecule has 1 rings (SSSR count). The fourth-order valence-corrected chi connectivity index (χ4v) is 2.40. The zero-order valence-corrected chi connectivity index (χ0v) is 8.51. The van der Waals surface area contributed by atoms with Gasteiger partial charge in [0.2, 0.25) is 0 Å². The molecule has 0 saturated heterocycles. The van der Waals surface area contributed by atoms with E-state index < -0.39 is 0 Å². The van der Waals surface area contributed by atoms with Crippen LogP contribution in [0.25, 0.3) is 0 Å². The number of likely N-dealkylation sites (N-methyl/N-ethyl adjacent to an activating group) is 1. The zero-order valence-electron chi connectivity index (χ0n) is 8.51. The summed E-state index contributed by atoms with van der Waals surface area (Å²) in [5.74, 6) is 0. The van der Waals surface area contributed by atoms with E-state index in [1.54, 1.807) is 0 Å². The van der Waals surface area contributed by atoms with Crippen LogP contribution in [0.15, 0.2) is 0 Å². The number of nitrogens with zero attached hydrogens (tertiary/aromatic N) is 1. The van der Waals surface area contributed by atoms with Gasteiger partial charge in [0, 0.05) is 5.54 Å². The third-order valence-corrected chi connectivity index (χ3v) is 3.39. The lowest BCUT2D eigenvalue weighted by molar-refractivity contribution is -0.0212. The lowest BCUT2D eigenvalue weighted by Gasteiger charge is -2.45. The van der Waals surface area contributed by atoms with Gasteiger partial charge in [-0.1, -0.05) is 19.3 Å². The summed E-state index contributed by atoms with van der Waals surface area (Å²) in [6.45, 7) is 1.92. The highest BCUT2D eigenvalue weighted by Gasteiger charge is 2.38. The summed E-state index contributed by atoms with van der Waals surface area (Å²) in [6.07, 6.45) is 5.97. The monoisotopic (exact) mass is 171 g/mol. The van der Waals surface area contributed by atoms with Gasteiger partial charge in [0.25, 0.3) is 0 Å². The Balaban J connectivity index is 2.70. The Morgan fingerprint density at radius 1 is 1.17 bits per heavy atom. The Hall–Kier alpha value is -0.0800. The topological polar surface area (TPSA) is 23.5 Å². The van der Waals surface area contributed by atoms with Crippen molar-refractivity contribution in [3.05, 3.63) is 0 Å². The number of aliphatic hydroxyl groups is 1. The van der Waals surface area contributed by atoms with Crippen LogP contribution >= 0.6 is 0 Å². The summed E-state index contributed by atoms with van der Waals surface area (Å²) in [5, 5.41) is 9.76. The Morgan fingerprint density at radius 2 is 1.67 bits per heavy atom. The molecule has 1 atom stereocenters. The molecule has 0 aromatic carbocycles. The molecule has 0 aromatic heterocycles. The Morgan fingerprint density at radius 3 is 1.92 bits per heavy atom. The highest BCUT2D eigenvalue weighted by atomic mass is 16.3. The largest absolute Gasteiger partial charge is 0.391 e. The summed E-state index contributed by atoms with van der Waals surface area (Å²) in [4.78, 5) is 2.21. The SMILES string of the molecule is CC(O)C1(N(C)C)CCCCC1. The lowest BCUT2D eigenvalue weighted by atomic mass is 9.77. The van der Waals surface area contributed by atoms with Crippen LogP contribution in [0.1, 0.15) is 39.0 Å². The summed E-state index contributed by atoms with van der Waals surface area (Å²) in [6, 6.07) is 0. The molecule has 72 valence electrons. The third kappa shape index (κ3) is 1.64. The first kappa shape index (κ1) is 10.0. The average Bonchev–Trinajstić information content (AvgIpc) is 2.05. The molecule has 1 aliphatic carbocycles. The molecule has 0 heterocycles. The minimum atomic E-state index is -0.201. The fourth-order valence-electron chi connectivity index (χ4n) is 2.40. The van der Waals surface area contributed by atoms with Crippen LogP contribution in [-0.4, -0.2) is 35.7 Å². The van der Waals surface area contributed by atoms with Crippen molar-refractivity contribution in [3.8, 4) is 0 Å². The summed E-state index contributed by atoms with van der Waals surface area (Å²) in [7, 11) is 4.16. The van der Waals surface area contributed by atoms with E-state index in [4.69, 9.17) is 0 Å². The highest BCUT2D eigenvalue weighted by molar-refractivity contribution is 4.94. The molecule has 2 nitrogen and oxygen atoms in total. The molecule has 1 fully saturated rings. The van der Waals surface area contributed by atoms with Gasteiger partial charge in [0.15, 0.2) is 0 Å². The van der Waals surface area contributed by atoms with Gasteiger partial charge < -0.3 is 10.0 Å². The summed E-state index contributed by atoms with van der Waals surface area (Å²) in [5.41, 5.74) is 0.0677. The van der Waals surface area contributed by atoms with Crippen molar-refractivity contribution in [2.24, 2.45) is 0 Å². The number of hydrogen-bond acceptors (Lipinski definition) is 2. The van der Waals surface area contributed by atoms with E-state index in [0.29, 0.717) is 0 Å². The molecule has 0 bridgehead atoms. The van der Waals surface area contributed by atoms with Gasteiger partial charge in [-0.2, -0.15) is 0 Å². The van der Waals surface area contributed by atoms with Crippen LogP contribution in [0.5, 0.6) is 0 Å². The Kier molecular flexibility index (Phi) is 3.13. The minimum absolute atomic E-state index is 0.0677. The quantitative estimate of drug-likeness (QED) is 0.682. The van der Waals surface area contributed by atoms with Crippen molar-refractivity contribution < 1.29 is 5.11 Å². The van der Waals surface area contributed by atoms with Crippen molar-refractivity contribution in [3.63, 3.8) is 0 Å². The molecule has 0 amide bonds. The van der Waals surface area contributed by atoms with E-state index in [1.165, 1.54) is 19.3 Å². The summed E-state index contributed by atoms with van der Waals surface area (Å²) < 4.78 is 0. The first-order valence-corrected chi connectivity index (χ1v) is 4.95. The van der Waals surface area contributed by atoms with Gasteiger partial charge in [-0.05, 0) is 33.9 Å². The van der Waals surface area contributed by atoms with Gasteiger partial charge in [0.1, 0.15) is 0 Å². The van der Waals surface area contributed by atoms with Gasteiger partial charge >= 0.3 is 0 Å². The maximum Gasteiger partial charge on any atom is 0.0695 e. The van der Waals surface area contributed by atoms with E-state index in [-0.39, 0.29) is 11.6 Å². The molecular weight excluding hydrogens is 150 g/mol. The van der Waals surface area contributed by atoms with Gasteiger partial charge in [0.05, 0.1) is 6.10 Å². The molecule has 12 heavy (non-hydrogen) atoms. The molecule has 0 aromatic rings. The lowest BCUT2D eigenvalue weighted by Crippen LogP contribution is -2.53. The van der Waals surface area contributed by atoms with E-state index in [9.17, 15) is 5.11 Å². The van der Waals surface area contributed by atoms with Crippen LogP contribution in [-0.2, 0) is 0 Å². The first-order chi connectivity index (χ1) is 5.59. The zero-order chi connectivity index (χ0) is 9.19. The second-order valence-corrected chi connectivity index (χ2v) is 4.23. The average molecular weight is 171 g/mol. The fraction of sp³-hybridized carbons (Fsp3) is 1.00. The Bertz CT molecular complexity index is 127. The van der Waals surface area contributed by atoms with Crippen molar-refractivity contribution in [1.82, 2.24) is 4.90 Å².